The summed E-state index contributed by atoms with van der Waals surface area (Å²) in [6.07, 6.45) is 4.80. The molecule has 0 amide bonds. The first-order chi connectivity index (χ1) is 4.79. The van der Waals surface area contributed by atoms with Crippen LogP contribution < -0.4 is 0 Å². The van der Waals surface area contributed by atoms with Crippen molar-refractivity contribution in [3.8, 4) is 0 Å². The molecule has 0 aliphatic heterocycles. The van der Waals surface area contributed by atoms with Gasteiger partial charge in [-0.2, -0.15) is 0 Å². The zero-order chi connectivity index (χ0) is 7.56. The summed E-state index contributed by atoms with van der Waals surface area (Å²) in [7, 11) is 0. The molecule has 1 unspecified atom stereocenters. The molecule has 1 saturated carbocycles. The van der Waals surface area contributed by atoms with Crippen LogP contribution in [0.4, 0.5) is 0 Å². The molecule has 0 heterocycles. The lowest BCUT2D eigenvalue weighted by Gasteiger charge is -2.16. The highest BCUT2D eigenvalue weighted by Gasteiger charge is 2.31. The van der Waals surface area contributed by atoms with Crippen molar-refractivity contribution in [1.82, 2.24) is 0 Å². The molecule has 0 saturated heterocycles. The molecular formula is C9H18O. The number of aliphatic hydroxyl groups is 1. The van der Waals surface area contributed by atoms with Crippen LogP contribution in [0.3, 0.4) is 0 Å². The first-order valence-corrected chi connectivity index (χ1v) is 4.47. The summed E-state index contributed by atoms with van der Waals surface area (Å²) in [6.45, 7) is 4.35. The van der Waals surface area contributed by atoms with Gasteiger partial charge in [-0.05, 0) is 24.7 Å². The molecule has 1 heteroatoms. The van der Waals surface area contributed by atoms with Gasteiger partial charge in [0.25, 0.3) is 0 Å². The highest BCUT2D eigenvalue weighted by molar-refractivity contribution is 4.82. The minimum atomic E-state index is 0.00926. The molecule has 0 aromatic rings. The van der Waals surface area contributed by atoms with E-state index < -0.39 is 0 Å². The number of aliphatic hydroxyl groups excluding tert-OH is 1. The Hall–Kier alpha value is -0.0400. The quantitative estimate of drug-likeness (QED) is 0.626. The summed E-state index contributed by atoms with van der Waals surface area (Å²) in [5.41, 5.74) is 0. The van der Waals surface area contributed by atoms with E-state index in [0.717, 1.165) is 12.8 Å². The van der Waals surface area contributed by atoms with E-state index in [2.05, 4.69) is 13.8 Å². The average Bonchev–Trinajstić information content (AvgIpc) is 2.30. The van der Waals surface area contributed by atoms with E-state index in [1.807, 2.05) is 0 Å². The Balaban J connectivity index is 2.41. The Labute approximate surface area is 63.4 Å². The maximum absolute atomic E-state index is 9.65. The van der Waals surface area contributed by atoms with E-state index >= 15 is 0 Å². The van der Waals surface area contributed by atoms with Crippen LogP contribution in [0, 0.1) is 11.8 Å². The highest BCUT2D eigenvalue weighted by Crippen LogP contribution is 2.34. The number of hydrogen-bond donors (Lipinski definition) is 1. The summed E-state index contributed by atoms with van der Waals surface area (Å²) in [5, 5.41) is 9.65. The fourth-order valence-corrected chi connectivity index (χ4v) is 2.05. The van der Waals surface area contributed by atoms with Crippen LogP contribution in [0.2, 0.25) is 0 Å². The van der Waals surface area contributed by atoms with Crippen molar-refractivity contribution in [2.45, 2.75) is 45.6 Å². The zero-order valence-electron chi connectivity index (χ0n) is 7.01. The third kappa shape index (κ3) is 1.34. The van der Waals surface area contributed by atoms with Crippen molar-refractivity contribution < 1.29 is 5.11 Å². The monoisotopic (exact) mass is 142 g/mol. The Morgan fingerprint density at radius 2 is 1.50 bits per heavy atom. The van der Waals surface area contributed by atoms with Crippen LogP contribution in [0.1, 0.15) is 39.5 Å². The van der Waals surface area contributed by atoms with Gasteiger partial charge in [-0.3, -0.25) is 0 Å². The summed E-state index contributed by atoms with van der Waals surface area (Å²) in [4.78, 5) is 0. The Kier molecular flexibility index (Phi) is 2.72. The van der Waals surface area contributed by atoms with E-state index in [1.165, 1.54) is 12.8 Å². The predicted molar refractivity (Wildman–Crippen MR) is 42.8 cm³/mol. The Morgan fingerprint density at radius 1 is 1.10 bits per heavy atom. The standard InChI is InChI=1S/C9H18O/c1-3-7-5-6-8(4-2)9(7)10/h7-10H,3-6H2,1-2H3/t7-,8+,9?. The van der Waals surface area contributed by atoms with E-state index in [-0.39, 0.29) is 6.10 Å². The van der Waals surface area contributed by atoms with Gasteiger partial charge >= 0.3 is 0 Å². The molecule has 10 heavy (non-hydrogen) atoms. The topological polar surface area (TPSA) is 20.2 Å². The van der Waals surface area contributed by atoms with Gasteiger partial charge in [0.05, 0.1) is 6.10 Å². The molecule has 3 atom stereocenters. The van der Waals surface area contributed by atoms with Crippen molar-refractivity contribution in [3.05, 3.63) is 0 Å². The Bertz CT molecular complexity index is 88.9. The molecule has 1 rings (SSSR count). The van der Waals surface area contributed by atoms with E-state index in [0.29, 0.717) is 11.8 Å². The predicted octanol–water partition coefficient (Wildman–Crippen LogP) is 2.19. The summed E-state index contributed by atoms with van der Waals surface area (Å²) >= 11 is 0. The van der Waals surface area contributed by atoms with E-state index in [9.17, 15) is 5.11 Å². The van der Waals surface area contributed by atoms with Gasteiger partial charge in [-0.25, -0.2) is 0 Å². The molecule has 0 radical (unpaired) electrons. The van der Waals surface area contributed by atoms with Gasteiger partial charge in [0.1, 0.15) is 0 Å². The number of hydrogen-bond acceptors (Lipinski definition) is 1. The third-order valence-corrected chi connectivity index (χ3v) is 2.92. The smallest absolute Gasteiger partial charge is 0.0596 e. The SMILES string of the molecule is CC[C@@H]1CC[C@H](CC)C1O. The molecule has 1 fully saturated rings. The van der Waals surface area contributed by atoms with Crippen LogP contribution in [-0.2, 0) is 0 Å². The molecule has 0 spiro atoms. The minimum Gasteiger partial charge on any atom is -0.393 e. The van der Waals surface area contributed by atoms with Crippen LogP contribution in [0.25, 0.3) is 0 Å². The maximum atomic E-state index is 9.65. The minimum absolute atomic E-state index is 0.00926. The molecule has 1 aliphatic rings. The van der Waals surface area contributed by atoms with E-state index in [4.69, 9.17) is 0 Å². The first-order valence-electron chi connectivity index (χ1n) is 4.47. The molecule has 0 bridgehead atoms. The van der Waals surface area contributed by atoms with Gasteiger partial charge < -0.3 is 5.11 Å². The summed E-state index contributed by atoms with van der Waals surface area (Å²) < 4.78 is 0. The molecular weight excluding hydrogens is 124 g/mol. The maximum Gasteiger partial charge on any atom is 0.0596 e. The van der Waals surface area contributed by atoms with Crippen molar-refractivity contribution >= 4 is 0 Å². The summed E-state index contributed by atoms with van der Waals surface area (Å²) in [6, 6.07) is 0. The molecule has 1 nitrogen and oxygen atoms in total. The van der Waals surface area contributed by atoms with Crippen LogP contribution in [0.5, 0.6) is 0 Å². The largest absolute Gasteiger partial charge is 0.393 e. The normalized spacial score (nSPS) is 40.5. The van der Waals surface area contributed by atoms with Gasteiger partial charge in [0.15, 0.2) is 0 Å². The van der Waals surface area contributed by atoms with Gasteiger partial charge in [0, 0.05) is 0 Å². The first kappa shape index (κ1) is 8.06. The van der Waals surface area contributed by atoms with Crippen LogP contribution in [-0.4, -0.2) is 11.2 Å². The third-order valence-electron chi connectivity index (χ3n) is 2.92. The lowest BCUT2D eigenvalue weighted by molar-refractivity contribution is 0.0878. The van der Waals surface area contributed by atoms with Crippen molar-refractivity contribution in [2.75, 3.05) is 0 Å². The average molecular weight is 142 g/mol. The van der Waals surface area contributed by atoms with Gasteiger partial charge in [-0.15, -0.1) is 0 Å². The number of rotatable bonds is 2. The summed E-state index contributed by atoms with van der Waals surface area (Å²) in [5.74, 6) is 1.20. The molecule has 60 valence electrons. The van der Waals surface area contributed by atoms with Crippen molar-refractivity contribution in [2.24, 2.45) is 11.8 Å². The van der Waals surface area contributed by atoms with Crippen LogP contribution in [0.15, 0.2) is 0 Å². The molecule has 0 aromatic heterocycles. The van der Waals surface area contributed by atoms with E-state index in [1.54, 1.807) is 0 Å². The Morgan fingerprint density at radius 3 is 1.70 bits per heavy atom. The molecule has 1 N–H and O–H groups in total. The highest BCUT2D eigenvalue weighted by atomic mass is 16.3. The second-order valence-electron chi connectivity index (χ2n) is 3.40. The lowest BCUT2D eigenvalue weighted by Crippen LogP contribution is -2.19. The zero-order valence-corrected chi connectivity index (χ0v) is 7.01. The fraction of sp³-hybridized carbons (Fsp3) is 1.00. The second-order valence-corrected chi connectivity index (χ2v) is 3.40. The fourth-order valence-electron chi connectivity index (χ4n) is 2.05. The van der Waals surface area contributed by atoms with Crippen molar-refractivity contribution in [1.29, 1.82) is 0 Å². The van der Waals surface area contributed by atoms with Crippen LogP contribution >= 0.6 is 0 Å². The van der Waals surface area contributed by atoms with Crippen molar-refractivity contribution in [3.63, 3.8) is 0 Å². The molecule has 0 aromatic carbocycles. The molecule has 1 aliphatic carbocycles. The van der Waals surface area contributed by atoms with Gasteiger partial charge in [0.2, 0.25) is 0 Å². The lowest BCUT2D eigenvalue weighted by atomic mass is 9.97. The second kappa shape index (κ2) is 3.38. The van der Waals surface area contributed by atoms with Gasteiger partial charge in [-0.1, -0.05) is 26.7 Å².